The van der Waals surface area contributed by atoms with Crippen molar-refractivity contribution < 1.29 is 0 Å². The molecule has 6 heteroatoms. The van der Waals surface area contributed by atoms with E-state index in [9.17, 15) is 0 Å². The van der Waals surface area contributed by atoms with Crippen LogP contribution in [0.4, 0.5) is 5.82 Å². The number of nitrogens with zero attached hydrogens (tertiary/aromatic N) is 3. The first-order valence-electron chi connectivity index (χ1n) is 5.97. The normalized spacial score (nSPS) is 10.6. The monoisotopic (exact) mass is 263 g/mol. The van der Waals surface area contributed by atoms with E-state index in [0.717, 1.165) is 40.4 Å². The number of H-pyrrole nitrogens is 1. The lowest BCUT2D eigenvalue weighted by atomic mass is 10.3. The molecule has 0 bridgehead atoms. The quantitative estimate of drug-likeness (QED) is 0.812. The largest absolute Gasteiger partial charge is 0.370 e. The zero-order chi connectivity index (χ0) is 13.0. The van der Waals surface area contributed by atoms with E-state index >= 15 is 0 Å². The zero-order valence-electron chi connectivity index (χ0n) is 10.8. The summed E-state index contributed by atoms with van der Waals surface area (Å²) in [7, 11) is 0. The maximum absolute atomic E-state index is 4.47. The van der Waals surface area contributed by atoms with E-state index in [4.69, 9.17) is 0 Å². The van der Waals surface area contributed by atoms with E-state index < -0.39 is 0 Å². The van der Waals surface area contributed by atoms with E-state index in [0.29, 0.717) is 0 Å². The second-order valence-corrected chi connectivity index (χ2v) is 4.95. The Bertz CT molecular complexity index is 509. The summed E-state index contributed by atoms with van der Waals surface area (Å²) in [6, 6.07) is 0. The van der Waals surface area contributed by atoms with Crippen molar-refractivity contribution in [3.63, 3.8) is 0 Å². The van der Waals surface area contributed by atoms with Crippen LogP contribution in [-0.4, -0.2) is 26.5 Å². The third kappa shape index (κ3) is 3.01. The number of aromatic nitrogens is 4. The highest BCUT2D eigenvalue weighted by Gasteiger charge is 2.11. The molecule has 0 aliphatic heterocycles. The number of hydrogen-bond acceptors (Lipinski definition) is 5. The Labute approximate surface area is 111 Å². The lowest BCUT2D eigenvalue weighted by molar-refractivity contribution is 0.905. The van der Waals surface area contributed by atoms with Crippen LogP contribution < -0.4 is 5.32 Å². The molecule has 18 heavy (non-hydrogen) atoms. The van der Waals surface area contributed by atoms with Gasteiger partial charge >= 0.3 is 0 Å². The van der Waals surface area contributed by atoms with Crippen LogP contribution in [0, 0.1) is 13.8 Å². The first-order chi connectivity index (χ1) is 8.70. The summed E-state index contributed by atoms with van der Waals surface area (Å²) in [5.74, 6) is 1.69. The van der Waals surface area contributed by atoms with Gasteiger partial charge in [0.25, 0.3) is 0 Å². The van der Waals surface area contributed by atoms with Crippen LogP contribution in [0.2, 0.25) is 0 Å². The third-order valence-corrected chi connectivity index (χ3v) is 3.43. The number of aromatic amines is 1. The topological polar surface area (TPSA) is 66.5 Å². The van der Waals surface area contributed by atoms with E-state index in [1.54, 1.807) is 6.20 Å². The van der Waals surface area contributed by atoms with Crippen LogP contribution in [0.3, 0.4) is 0 Å². The Morgan fingerprint density at radius 2 is 2.17 bits per heavy atom. The molecule has 0 saturated carbocycles. The molecule has 2 aromatic rings. The van der Waals surface area contributed by atoms with Crippen molar-refractivity contribution in [3.8, 4) is 0 Å². The van der Waals surface area contributed by atoms with Crippen LogP contribution in [0.1, 0.15) is 24.7 Å². The van der Waals surface area contributed by atoms with Gasteiger partial charge in [-0.15, -0.1) is 0 Å². The second kappa shape index (κ2) is 5.86. The minimum Gasteiger partial charge on any atom is -0.370 e. The van der Waals surface area contributed by atoms with Gasteiger partial charge in [0.2, 0.25) is 0 Å². The first-order valence-corrected chi connectivity index (χ1v) is 6.78. The van der Waals surface area contributed by atoms with Gasteiger partial charge in [0.05, 0.1) is 0 Å². The van der Waals surface area contributed by atoms with Gasteiger partial charge in [-0.2, -0.15) is 0 Å². The predicted molar refractivity (Wildman–Crippen MR) is 73.0 cm³/mol. The highest BCUT2D eigenvalue weighted by molar-refractivity contribution is 7.99. The molecule has 0 fully saturated rings. The Morgan fingerprint density at radius 3 is 2.83 bits per heavy atom. The van der Waals surface area contributed by atoms with Gasteiger partial charge in [0, 0.05) is 24.5 Å². The fourth-order valence-electron chi connectivity index (χ4n) is 1.52. The van der Waals surface area contributed by atoms with Crippen LogP contribution in [0.15, 0.2) is 22.6 Å². The fraction of sp³-hybridized carbons (Fsp3) is 0.417. The number of hydrogen-bond donors (Lipinski definition) is 2. The van der Waals surface area contributed by atoms with Crippen LogP contribution in [-0.2, 0) is 0 Å². The van der Waals surface area contributed by atoms with Gasteiger partial charge in [-0.3, -0.25) is 0 Å². The Kier molecular flexibility index (Phi) is 4.19. The van der Waals surface area contributed by atoms with Gasteiger partial charge < -0.3 is 10.3 Å². The van der Waals surface area contributed by atoms with Crippen LogP contribution in [0.25, 0.3) is 0 Å². The van der Waals surface area contributed by atoms with Crippen molar-refractivity contribution in [1.29, 1.82) is 0 Å². The standard InChI is InChI=1S/C12H17N5S/c1-4-5-13-10-8(2)11(17-9(3)16-10)18-12-14-6-7-15-12/h6-7H,4-5H2,1-3H3,(H,14,15)(H,13,16,17). The van der Waals surface area contributed by atoms with Gasteiger partial charge in [0.15, 0.2) is 5.16 Å². The van der Waals surface area contributed by atoms with Crippen LogP contribution >= 0.6 is 11.8 Å². The molecule has 0 aliphatic carbocycles. The summed E-state index contributed by atoms with van der Waals surface area (Å²) in [4.78, 5) is 16.2. The molecule has 0 saturated heterocycles. The maximum Gasteiger partial charge on any atom is 0.171 e. The number of imidazole rings is 1. The predicted octanol–water partition coefficient (Wildman–Crippen LogP) is 2.79. The number of rotatable bonds is 5. The molecule has 96 valence electrons. The molecule has 2 N–H and O–H groups in total. The molecule has 0 aromatic carbocycles. The average Bonchev–Trinajstić information content (AvgIpc) is 2.84. The molecule has 0 aliphatic rings. The molecule has 0 amide bonds. The van der Waals surface area contributed by atoms with Gasteiger partial charge in [-0.25, -0.2) is 15.0 Å². The minimum absolute atomic E-state index is 0.772. The van der Waals surface area contributed by atoms with Crippen molar-refractivity contribution in [1.82, 2.24) is 19.9 Å². The number of aryl methyl sites for hydroxylation is 1. The first kappa shape index (κ1) is 12.9. The molecular formula is C12H17N5S. The molecule has 0 atom stereocenters. The van der Waals surface area contributed by atoms with Crippen molar-refractivity contribution in [3.05, 3.63) is 23.8 Å². The van der Waals surface area contributed by atoms with Crippen molar-refractivity contribution >= 4 is 17.6 Å². The van der Waals surface area contributed by atoms with Crippen molar-refractivity contribution in [2.75, 3.05) is 11.9 Å². The van der Waals surface area contributed by atoms with Gasteiger partial charge in [-0.1, -0.05) is 6.92 Å². The number of nitrogens with one attached hydrogen (secondary N) is 2. The minimum atomic E-state index is 0.772. The molecule has 0 radical (unpaired) electrons. The number of anilines is 1. The lowest BCUT2D eigenvalue weighted by Gasteiger charge is -2.11. The summed E-state index contributed by atoms with van der Waals surface area (Å²) in [5, 5.41) is 5.11. The summed E-state index contributed by atoms with van der Waals surface area (Å²) >= 11 is 1.52. The average molecular weight is 263 g/mol. The molecule has 0 spiro atoms. The summed E-state index contributed by atoms with van der Waals surface area (Å²) in [6.07, 6.45) is 4.62. The SMILES string of the molecule is CCCNc1nc(C)nc(Sc2ncc[nH]2)c1C. The smallest absolute Gasteiger partial charge is 0.171 e. The summed E-state index contributed by atoms with van der Waals surface area (Å²) < 4.78 is 0. The third-order valence-electron chi connectivity index (χ3n) is 2.42. The van der Waals surface area contributed by atoms with Crippen LogP contribution in [0.5, 0.6) is 0 Å². The zero-order valence-corrected chi connectivity index (χ0v) is 11.6. The fourth-order valence-corrected chi connectivity index (χ4v) is 2.37. The molecule has 2 rings (SSSR count). The van der Waals surface area contributed by atoms with E-state index in [2.05, 4.69) is 32.2 Å². The maximum atomic E-state index is 4.47. The van der Waals surface area contributed by atoms with Crippen molar-refractivity contribution in [2.45, 2.75) is 37.4 Å². The molecule has 5 nitrogen and oxygen atoms in total. The van der Waals surface area contributed by atoms with E-state index in [1.165, 1.54) is 11.8 Å². The lowest BCUT2D eigenvalue weighted by Crippen LogP contribution is -2.07. The molecule has 2 heterocycles. The van der Waals surface area contributed by atoms with E-state index in [-0.39, 0.29) is 0 Å². The molecule has 2 aromatic heterocycles. The summed E-state index contributed by atoms with van der Waals surface area (Å²) in [6.45, 7) is 6.99. The van der Waals surface area contributed by atoms with Crippen molar-refractivity contribution in [2.24, 2.45) is 0 Å². The highest BCUT2D eigenvalue weighted by Crippen LogP contribution is 2.28. The van der Waals surface area contributed by atoms with E-state index in [1.807, 2.05) is 20.0 Å². The summed E-state index contributed by atoms with van der Waals surface area (Å²) in [5.41, 5.74) is 1.07. The molecular weight excluding hydrogens is 246 g/mol. The van der Waals surface area contributed by atoms with Gasteiger partial charge in [0.1, 0.15) is 16.7 Å². The molecule has 0 unspecified atom stereocenters. The van der Waals surface area contributed by atoms with Gasteiger partial charge in [-0.05, 0) is 32.0 Å². The Hall–Kier alpha value is -1.56. The Morgan fingerprint density at radius 1 is 1.33 bits per heavy atom. The highest BCUT2D eigenvalue weighted by atomic mass is 32.2. The second-order valence-electron chi connectivity index (χ2n) is 3.97. The Balaban J connectivity index is 2.26.